The minimum absolute atomic E-state index is 0.100. The minimum Gasteiger partial charge on any atom is -0.281 e. The second kappa shape index (κ2) is 10.3. The number of carbonyl (C=O) groups excluding carboxylic acids is 1. The van der Waals surface area contributed by atoms with E-state index in [0.717, 1.165) is 25.7 Å². The lowest BCUT2D eigenvalue weighted by Gasteiger charge is -2.14. The molecule has 0 aromatic heterocycles. The molecule has 0 unspecified atom stereocenters. The Morgan fingerprint density at radius 1 is 0.842 bits per heavy atom. The minimum atomic E-state index is -0.125. The van der Waals surface area contributed by atoms with Gasteiger partial charge in [-0.1, -0.05) is 51.4 Å². The Kier molecular flexibility index (Phi) is 9.01. The quantitative estimate of drug-likeness (QED) is 0.470. The van der Waals surface area contributed by atoms with Crippen LogP contribution in [0.2, 0.25) is 0 Å². The van der Waals surface area contributed by atoms with E-state index >= 15 is 0 Å². The fraction of sp³-hybridized carbons (Fsp3) is 0.824. The van der Waals surface area contributed by atoms with Gasteiger partial charge in [-0.2, -0.15) is 0 Å². The van der Waals surface area contributed by atoms with E-state index in [1.54, 1.807) is 0 Å². The summed E-state index contributed by atoms with van der Waals surface area (Å²) in [5.74, 6) is 3.53. The maximum absolute atomic E-state index is 11.4. The molecule has 0 spiro atoms. The van der Waals surface area contributed by atoms with Gasteiger partial charge in [0.25, 0.3) is 0 Å². The fourth-order valence-electron chi connectivity index (χ4n) is 2.95. The molecule has 1 nitrogen and oxygen atoms in total. The summed E-state index contributed by atoms with van der Waals surface area (Å²) in [5, 5.41) is -0.125. The molecule has 0 heterocycles. The van der Waals surface area contributed by atoms with Crippen molar-refractivity contribution in [3.63, 3.8) is 0 Å². The number of hydrogen-bond acceptors (Lipinski definition) is 1. The molecule has 0 saturated heterocycles. The van der Waals surface area contributed by atoms with Crippen molar-refractivity contribution in [2.24, 2.45) is 11.8 Å². The molecule has 0 atom stereocenters. The van der Waals surface area contributed by atoms with Crippen molar-refractivity contribution in [2.75, 3.05) is 0 Å². The molecule has 0 aliphatic heterocycles. The van der Waals surface area contributed by atoms with Crippen molar-refractivity contribution in [1.82, 2.24) is 0 Å². The van der Waals surface area contributed by atoms with Gasteiger partial charge in [-0.05, 0) is 37.3 Å². The fourth-order valence-corrected chi connectivity index (χ4v) is 3.17. The van der Waals surface area contributed by atoms with Crippen LogP contribution in [0.1, 0.15) is 77.0 Å². The standard InChI is InChI=1S/C17H27ClO/c1-2-15-11-7-3-5-9-13-16(17(18)19)14-10-6-4-8-12-15/h1,15-16H,3-14H2. The summed E-state index contributed by atoms with van der Waals surface area (Å²) in [6.45, 7) is 0. The lowest BCUT2D eigenvalue weighted by atomic mass is 9.91. The highest BCUT2D eigenvalue weighted by Gasteiger charge is 2.15. The molecule has 0 bridgehead atoms. The zero-order valence-corrected chi connectivity index (χ0v) is 12.8. The molecule has 1 aliphatic carbocycles. The Labute approximate surface area is 123 Å². The molecule has 0 aromatic carbocycles. The van der Waals surface area contributed by atoms with Crippen LogP contribution in [-0.4, -0.2) is 5.24 Å². The maximum Gasteiger partial charge on any atom is 0.224 e. The van der Waals surface area contributed by atoms with Crippen LogP contribution in [-0.2, 0) is 4.79 Å². The third-order valence-electron chi connectivity index (χ3n) is 4.27. The van der Waals surface area contributed by atoms with E-state index < -0.39 is 0 Å². The molecule has 0 N–H and O–H groups in total. The molecule has 108 valence electrons. The largest absolute Gasteiger partial charge is 0.281 e. The Bertz CT molecular complexity index is 276. The van der Waals surface area contributed by atoms with Crippen molar-refractivity contribution in [3.8, 4) is 12.3 Å². The lowest BCUT2D eigenvalue weighted by molar-refractivity contribution is -0.115. The average molecular weight is 283 g/mol. The highest BCUT2D eigenvalue weighted by Crippen LogP contribution is 2.23. The summed E-state index contributed by atoms with van der Waals surface area (Å²) >= 11 is 5.68. The van der Waals surface area contributed by atoms with Crippen molar-refractivity contribution < 1.29 is 4.79 Å². The van der Waals surface area contributed by atoms with Gasteiger partial charge in [0.05, 0.1) is 0 Å². The third-order valence-corrected chi connectivity index (χ3v) is 4.58. The van der Waals surface area contributed by atoms with Crippen LogP contribution in [0.5, 0.6) is 0 Å². The first-order chi connectivity index (χ1) is 9.24. The number of halogens is 1. The van der Waals surface area contributed by atoms with Gasteiger partial charge in [0, 0.05) is 11.8 Å². The van der Waals surface area contributed by atoms with Crippen LogP contribution < -0.4 is 0 Å². The van der Waals surface area contributed by atoms with Crippen molar-refractivity contribution in [3.05, 3.63) is 0 Å². The zero-order chi connectivity index (χ0) is 13.9. The highest BCUT2D eigenvalue weighted by atomic mass is 35.5. The van der Waals surface area contributed by atoms with Gasteiger partial charge in [-0.3, -0.25) is 4.79 Å². The SMILES string of the molecule is C#CC1CCCCCCC(C(=O)Cl)CCCCCC1. The van der Waals surface area contributed by atoms with E-state index in [1.165, 1.54) is 51.4 Å². The second-order valence-corrected chi connectivity index (χ2v) is 6.22. The third kappa shape index (κ3) is 7.63. The van der Waals surface area contributed by atoms with Gasteiger partial charge in [-0.15, -0.1) is 12.3 Å². The van der Waals surface area contributed by atoms with E-state index in [2.05, 4.69) is 5.92 Å². The summed E-state index contributed by atoms with van der Waals surface area (Å²) < 4.78 is 0. The molecule has 1 saturated carbocycles. The predicted molar refractivity (Wildman–Crippen MR) is 82.1 cm³/mol. The first kappa shape index (κ1) is 16.6. The van der Waals surface area contributed by atoms with Crippen LogP contribution in [0.25, 0.3) is 0 Å². The van der Waals surface area contributed by atoms with E-state index in [0.29, 0.717) is 5.92 Å². The summed E-state index contributed by atoms with van der Waals surface area (Å²) in [5.41, 5.74) is 0. The zero-order valence-electron chi connectivity index (χ0n) is 12.0. The van der Waals surface area contributed by atoms with Gasteiger partial charge in [-0.25, -0.2) is 0 Å². The number of terminal acetylenes is 1. The van der Waals surface area contributed by atoms with Crippen LogP contribution >= 0.6 is 11.6 Å². The first-order valence-corrected chi connectivity index (χ1v) is 8.27. The maximum atomic E-state index is 11.4. The van der Waals surface area contributed by atoms with Crippen molar-refractivity contribution >= 4 is 16.8 Å². The lowest BCUT2D eigenvalue weighted by Crippen LogP contribution is -2.09. The van der Waals surface area contributed by atoms with Gasteiger partial charge >= 0.3 is 0 Å². The van der Waals surface area contributed by atoms with Gasteiger partial charge < -0.3 is 0 Å². The van der Waals surface area contributed by atoms with Crippen LogP contribution in [0.4, 0.5) is 0 Å². The summed E-state index contributed by atoms with van der Waals surface area (Å²) in [6, 6.07) is 0. The average Bonchev–Trinajstić information content (AvgIpc) is 2.40. The van der Waals surface area contributed by atoms with Crippen molar-refractivity contribution in [2.45, 2.75) is 77.0 Å². The van der Waals surface area contributed by atoms with E-state index in [-0.39, 0.29) is 11.2 Å². The van der Waals surface area contributed by atoms with Gasteiger partial charge in [0.2, 0.25) is 5.24 Å². The van der Waals surface area contributed by atoms with Crippen LogP contribution in [0, 0.1) is 24.2 Å². The molecular formula is C17H27ClO. The molecule has 0 radical (unpaired) electrons. The molecule has 2 heteroatoms. The van der Waals surface area contributed by atoms with Crippen LogP contribution in [0.15, 0.2) is 0 Å². The topological polar surface area (TPSA) is 17.1 Å². The molecule has 0 aromatic rings. The molecule has 1 fully saturated rings. The summed E-state index contributed by atoms with van der Waals surface area (Å²) in [4.78, 5) is 11.4. The van der Waals surface area contributed by atoms with Crippen LogP contribution in [0.3, 0.4) is 0 Å². The van der Waals surface area contributed by atoms with Crippen molar-refractivity contribution in [1.29, 1.82) is 0 Å². The summed E-state index contributed by atoms with van der Waals surface area (Å²) in [7, 11) is 0. The number of rotatable bonds is 1. The predicted octanol–water partition coefficient (Wildman–Crippen LogP) is 5.31. The Balaban J connectivity index is 2.37. The molecule has 19 heavy (non-hydrogen) atoms. The number of hydrogen-bond donors (Lipinski definition) is 0. The molecule has 1 aliphatic rings. The highest BCUT2D eigenvalue weighted by molar-refractivity contribution is 6.63. The Morgan fingerprint density at radius 3 is 1.63 bits per heavy atom. The Hall–Kier alpha value is -0.480. The van der Waals surface area contributed by atoms with E-state index in [4.69, 9.17) is 18.0 Å². The molecular weight excluding hydrogens is 256 g/mol. The Morgan fingerprint density at radius 2 is 1.26 bits per heavy atom. The second-order valence-electron chi connectivity index (χ2n) is 5.85. The smallest absolute Gasteiger partial charge is 0.224 e. The molecule has 1 rings (SSSR count). The number of carbonyl (C=O) groups is 1. The monoisotopic (exact) mass is 282 g/mol. The summed E-state index contributed by atoms with van der Waals surface area (Å²) in [6.07, 6.45) is 19.5. The van der Waals surface area contributed by atoms with Gasteiger partial charge in [0.15, 0.2) is 0 Å². The normalized spacial score (nSPS) is 28.0. The molecule has 0 amide bonds. The van der Waals surface area contributed by atoms with E-state index in [1.807, 2.05) is 0 Å². The first-order valence-electron chi connectivity index (χ1n) is 7.89. The van der Waals surface area contributed by atoms with Gasteiger partial charge in [0.1, 0.15) is 0 Å². The van der Waals surface area contributed by atoms with E-state index in [9.17, 15) is 4.79 Å².